The minimum Gasteiger partial charge on any atom is -0.480 e. The fourth-order valence-electron chi connectivity index (χ4n) is 3.54. The van der Waals surface area contributed by atoms with Crippen molar-refractivity contribution in [1.29, 1.82) is 0 Å². The summed E-state index contributed by atoms with van der Waals surface area (Å²) in [7, 11) is -3.76. The van der Waals surface area contributed by atoms with Crippen molar-refractivity contribution in [3.05, 3.63) is 48.0 Å². The van der Waals surface area contributed by atoms with Gasteiger partial charge in [-0.3, -0.25) is 9.36 Å². The SMILES string of the molecule is C[C@H](Cn1cnc2c(N)ncnc21)OCP(=O)(N[C@H](C)c1ccc(C(F)(F)F)cc1)NC(C)(C)C(=O)O. The Bertz CT molecular complexity index is 1300. The molecule has 0 saturated carbocycles. The Morgan fingerprint density at radius 2 is 1.84 bits per heavy atom. The summed E-state index contributed by atoms with van der Waals surface area (Å²) in [6, 6.07) is 3.71. The Labute approximate surface area is 211 Å². The normalized spacial score (nSPS) is 15.9. The van der Waals surface area contributed by atoms with Gasteiger partial charge in [0.05, 0.1) is 24.5 Å². The minimum atomic E-state index is -4.49. The van der Waals surface area contributed by atoms with Crippen LogP contribution in [0.5, 0.6) is 0 Å². The quantitative estimate of drug-likeness (QED) is 0.262. The van der Waals surface area contributed by atoms with Gasteiger partial charge in [-0.1, -0.05) is 12.1 Å². The predicted molar refractivity (Wildman–Crippen MR) is 131 cm³/mol. The smallest absolute Gasteiger partial charge is 0.416 e. The van der Waals surface area contributed by atoms with E-state index >= 15 is 0 Å². The van der Waals surface area contributed by atoms with E-state index in [4.69, 9.17) is 10.5 Å². The molecule has 1 aromatic carbocycles. The molecule has 37 heavy (non-hydrogen) atoms. The first-order chi connectivity index (χ1) is 17.1. The lowest BCUT2D eigenvalue weighted by Crippen LogP contribution is -2.47. The number of aliphatic carboxylic acids is 1. The first-order valence-corrected chi connectivity index (χ1v) is 13.1. The fraction of sp³-hybridized carbons (Fsp3) is 0.455. The number of nitrogen functional groups attached to an aromatic ring is 1. The maximum absolute atomic E-state index is 13.9. The second-order valence-electron chi connectivity index (χ2n) is 9.19. The summed E-state index contributed by atoms with van der Waals surface area (Å²) in [4.78, 5) is 23.9. The highest BCUT2D eigenvalue weighted by molar-refractivity contribution is 7.59. The average molecular weight is 543 g/mol. The average Bonchev–Trinajstić information content (AvgIpc) is 3.21. The van der Waals surface area contributed by atoms with Crippen LogP contribution < -0.4 is 15.9 Å². The summed E-state index contributed by atoms with van der Waals surface area (Å²) in [6.45, 7) is 6.29. The second-order valence-corrected chi connectivity index (χ2v) is 11.4. The fourth-order valence-corrected chi connectivity index (χ4v) is 5.98. The molecule has 2 heterocycles. The lowest BCUT2D eigenvalue weighted by Gasteiger charge is -2.32. The van der Waals surface area contributed by atoms with Gasteiger partial charge >= 0.3 is 12.1 Å². The number of benzene rings is 1. The number of hydrogen-bond acceptors (Lipinski definition) is 7. The summed E-state index contributed by atoms with van der Waals surface area (Å²) in [5.41, 5.74) is 4.75. The number of fused-ring (bicyclic) bond motifs is 1. The molecule has 0 spiro atoms. The molecule has 11 nitrogen and oxygen atoms in total. The van der Waals surface area contributed by atoms with E-state index in [-0.39, 0.29) is 12.4 Å². The minimum absolute atomic E-state index is 0.225. The first-order valence-electron chi connectivity index (χ1n) is 11.2. The van der Waals surface area contributed by atoms with Gasteiger partial charge in [0.15, 0.2) is 11.5 Å². The molecular formula is C22H29F3N7O4P. The van der Waals surface area contributed by atoms with Crippen LogP contribution >= 0.6 is 7.44 Å². The van der Waals surface area contributed by atoms with E-state index in [0.29, 0.717) is 16.7 Å². The molecule has 3 rings (SSSR count). The summed E-state index contributed by atoms with van der Waals surface area (Å²) in [5.74, 6) is -1.02. The molecule has 0 aliphatic rings. The molecule has 0 radical (unpaired) electrons. The highest BCUT2D eigenvalue weighted by atomic mass is 31.2. The number of aromatic nitrogens is 4. The van der Waals surface area contributed by atoms with Gasteiger partial charge in [0.1, 0.15) is 23.7 Å². The molecule has 202 valence electrons. The Hall–Kier alpha value is -3.06. The van der Waals surface area contributed by atoms with E-state index < -0.39 is 49.2 Å². The number of nitrogens with zero attached hydrogens (tertiary/aromatic N) is 4. The lowest BCUT2D eigenvalue weighted by atomic mass is 10.1. The van der Waals surface area contributed by atoms with E-state index in [0.717, 1.165) is 12.1 Å². The molecule has 1 unspecified atom stereocenters. The van der Waals surface area contributed by atoms with Gasteiger partial charge in [0.2, 0.25) is 7.44 Å². The van der Waals surface area contributed by atoms with E-state index in [1.165, 1.54) is 38.6 Å². The van der Waals surface area contributed by atoms with Gasteiger partial charge in [-0.05, 0) is 45.4 Å². The van der Waals surface area contributed by atoms with Gasteiger partial charge in [0.25, 0.3) is 0 Å². The summed E-state index contributed by atoms with van der Waals surface area (Å²) in [6.07, 6.45) is -2.58. The molecule has 0 amide bonds. The number of nitrogens with two attached hydrogens (primary N) is 1. The number of alkyl halides is 3. The standard InChI is InChI=1S/C22H29F3N7O4P/c1-13(9-32-11-29-17-18(26)27-10-28-19(17)32)36-12-37(35,31-21(3,4)20(33)34)30-14(2)15-5-7-16(8-6-15)22(23,24)25/h5-8,10-11,13-14H,9,12H2,1-4H3,(H,33,34)(H2,26,27,28)(H2,30,31,35)/t13-,14-,37?/m1/s1. The zero-order valence-electron chi connectivity index (χ0n) is 20.7. The molecule has 0 aliphatic heterocycles. The summed E-state index contributed by atoms with van der Waals surface area (Å²) < 4.78 is 60.1. The highest BCUT2D eigenvalue weighted by Crippen LogP contribution is 2.42. The number of rotatable bonds is 11. The zero-order chi connectivity index (χ0) is 27.6. The summed E-state index contributed by atoms with van der Waals surface area (Å²) >= 11 is 0. The largest absolute Gasteiger partial charge is 0.480 e. The van der Waals surface area contributed by atoms with Crippen molar-refractivity contribution in [3.63, 3.8) is 0 Å². The van der Waals surface area contributed by atoms with Crippen LogP contribution in [0, 0.1) is 0 Å². The third kappa shape index (κ3) is 7.04. The number of imidazole rings is 1. The van der Waals surface area contributed by atoms with Crippen LogP contribution in [0.2, 0.25) is 0 Å². The Morgan fingerprint density at radius 1 is 1.19 bits per heavy atom. The van der Waals surface area contributed by atoms with Crippen molar-refractivity contribution in [3.8, 4) is 0 Å². The van der Waals surface area contributed by atoms with E-state index in [2.05, 4.69) is 25.1 Å². The molecular weight excluding hydrogens is 514 g/mol. The van der Waals surface area contributed by atoms with Crippen molar-refractivity contribution in [2.75, 3.05) is 12.1 Å². The molecule has 0 bridgehead atoms. The number of anilines is 1. The highest BCUT2D eigenvalue weighted by Gasteiger charge is 2.37. The predicted octanol–water partition coefficient (Wildman–Crippen LogP) is 3.79. The number of ether oxygens (including phenoxy) is 1. The Balaban J connectivity index is 1.75. The van der Waals surface area contributed by atoms with Gasteiger partial charge in [-0.25, -0.2) is 25.1 Å². The monoisotopic (exact) mass is 543 g/mol. The summed E-state index contributed by atoms with van der Waals surface area (Å²) in [5, 5.41) is 15.0. The lowest BCUT2D eigenvalue weighted by molar-refractivity contribution is -0.142. The second kappa shape index (κ2) is 10.7. The van der Waals surface area contributed by atoms with E-state index in [9.17, 15) is 27.6 Å². The van der Waals surface area contributed by atoms with Gasteiger partial charge < -0.3 is 20.1 Å². The van der Waals surface area contributed by atoms with Crippen molar-refractivity contribution < 1.29 is 32.4 Å². The molecule has 0 saturated heterocycles. The van der Waals surface area contributed by atoms with Crippen LogP contribution in [-0.2, 0) is 26.8 Å². The van der Waals surface area contributed by atoms with Crippen LogP contribution in [0.15, 0.2) is 36.9 Å². The third-order valence-electron chi connectivity index (χ3n) is 5.56. The van der Waals surface area contributed by atoms with Crippen molar-refractivity contribution in [1.82, 2.24) is 29.7 Å². The van der Waals surface area contributed by atoms with Crippen LogP contribution in [0.3, 0.4) is 0 Å². The van der Waals surface area contributed by atoms with Crippen molar-refractivity contribution in [2.24, 2.45) is 0 Å². The van der Waals surface area contributed by atoms with Gasteiger partial charge in [-0.2, -0.15) is 13.2 Å². The van der Waals surface area contributed by atoms with E-state index in [1.807, 2.05) is 0 Å². The number of nitrogens with one attached hydrogen (secondary N) is 2. The Kier molecular flexibility index (Phi) is 8.27. The number of carboxylic acid groups (broad SMARTS) is 1. The molecule has 15 heteroatoms. The first kappa shape index (κ1) is 28.5. The molecule has 2 aromatic heterocycles. The molecule has 3 aromatic rings. The number of hydrogen-bond donors (Lipinski definition) is 4. The molecule has 0 aliphatic carbocycles. The molecule has 5 N–H and O–H groups in total. The van der Waals surface area contributed by atoms with Gasteiger partial charge in [-0.15, -0.1) is 0 Å². The van der Waals surface area contributed by atoms with Crippen LogP contribution in [0.4, 0.5) is 19.0 Å². The van der Waals surface area contributed by atoms with Crippen molar-refractivity contribution in [2.45, 2.75) is 58.1 Å². The maximum Gasteiger partial charge on any atom is 0.416 e. The topological polar surface area (TPSA) is 157 Å². The number of halogens is 3. The van der Waals surface area contributed by atoms with Crippen LogP contribution in [-0.4, -0.2) is 48.6 Å². The van der Waals surface area contributed by atoms with Crippen LogP contribution in [0.25, 0.3) is 11.2 Å². The maximum atomic E-state index is 13.9. The van der Waals surface area contributed by atoms with Crippen molar-refractivity contribution >= 4 is 30.4 Å². The van der Waals surface area contributed by atoms with Crippen LogP contribution in [0.1, 0.15) is 44.9 Å². The zero-order valence-corrected chi connectivity index (χ0v) is 21.5. The number of carbonyl (C=O) groups is 1. The third-order valence-corrected chi connectivity index (χ3v) is 7.80. The molecule has 3 atom stereocenters. The van der Waals surface area contributed by atoms with E-state index in [1.54, 1.807) is 18.4 Å². The molecule has 0 fully saturated rings. The Morgan fingerprint density at radius 3 is 2.43 bits per heavy atom. The number of carboxylic acids is 1. The van der Waals surface area contributed by atoms with Gasteiger partial charge in [0, 0.05) is 6.04 Å².